The fraction of sp³-hybridized carbons (Fsp3) is 0.722. The van der Waals surface area contributed by atoms with Crippen LogP contribution in [0.2, 0.25) is 0 Å². The highest BCUT2D eigenvalue weighted by atomic mass is 16.5. The number of carbonyl (C=O) groups excluding carboxylic acids is 2. The molecule has 0 radical (unpaired) electrons. The van der Waals surface area contributed by atoms with Gasteiger partial charge >= 0.3 is 6.03 Å². The second-order valence-corrected chi connectivity index (χ2v) is 6.99. The Morgan fingerprint density at radius 3 is 2.64 bits per heavy atom. The normalized spacial score (nSPS) is 21.2. The molecular formula is C18H28N4O3. The first-order chi connectivity index (χ1) is 12.1. The van der Waals surface area contributed by atoms with E-state index in [0.29, 0.717) is 19.5 Å². The Kier molecular flexibility index (Phi) is 5.94. The van der Waals surface area contributed by atoms with Crippen LogP contribution in [-0.4, -0.2) is 53.1 Å². The summed E-state index contributed by atoms with van der Waals surface area (Å²) in [6.45, 7) is 4.65. The van der Waals surface area contributed by atoms with Crippen molar-refractivity contribution < 1.29 is 14.1 Å². The van der Waals surface area contributed by atoms with Gasteiger partial charge in [-0.2, -0.15) is 0 Å². The molecule has 2 aliphatic heterocycles. The van der Waals surface area contributed by atoms with Crippen molar-refractivity contribution >= 4 is 11.9 Å². The first-order valence-corrected chi connectivity index (χ1v) is 9.40. The minimum atomic E-state index is -0.119. The van der Waals surface area contributed by atoms with Crippen molar-refractivity contribution in [3.05, 3.63) is 17.5 Å². The number of aromatic nitrogens is 1. The van der Waals surface area contributed by atoms with E-state index in [-0.39, 0.29) is 18.0 Å². The van der Waals surface area contributed by atoms with Crippen LogP contribution >= 0.6 is 0 Å². The minimum absolute atomic E-state index is 0.0289. The van der Waals surface area contributed by atoms with Crippen LogP contribution in [0.3, 0.4) is 0 Å². The maximum atomic E-state index is 12.5. The van der Waals surface area contributed by atoms with Crippen molar-refractivity contribution in [2.24, 2.45) is 0 Å². The third-order valence-corrected chi connectivity index (χ3v) is 5.08. The summed E-state index contributed by atoms with van der Waals surface area (Å²) >= 11 is 0. The molecule has 7 heteroatoms. The van der Waals surface area contributed by atoms with Crippen LogP contribution < -0.4 is 5.32 Å². The summed E-state index contributed by atoms with van der Waals surface area (Å²) in [6, 6.07) is 1.74. The van der Waals surface area contributed by atoms with Crippen molar-refractivity contribution in [1.82, 2.24) is 20.3 Å². The lowest BCUT2D eigenvalue weighted by atomic mass is 10.1. The summed E-state index contributed by atoms with van der Waals surface area (Å²) in [4.78, 5) is 28.5. The van der Waals surface area contributed by atoms with E-state index in [0.717, 1.165) is 50.2 Å². The Labute approximate surface area is 148 Å². The number of hydrogen-bond acceptors (Lipinski definition) is 4. The summed E-state index contributed by atoms with van der Waals surface area (Å²) < 4.78 is 5.14. The minimum Gasteiger partial charge on any atom is -0.361 e. The van der Waals surface area contributed by atoms with Crippen molar-refractivity contribution in [1.29, 1.82) is 0 Å². The number of hydrogen-bond donors (Lipinski definition) is 1. The van der Waals surface area contributed by atoms with E-state index in [1.165, 1.54) is 12.8 Å². The fourth-order valence-corrected chi connectivity index (χ4v) is 3.72. The van der Waals surface area contributed by atoms with Crippen molar-refractivity contribution in [2.45, 2.75) is 57.9 Å². The highest BCUT2D eigenvalue weighted by molar-refractivity contribution is 5.78. The zero-order chi connectivity index (χ0) is 17.6. The third-order valence-electron chi connectivity index (χ3n) is 5.08. The average molecular weight is 348 g/mol. The first kappa shape index (κ1) is 17.8. The quantitative estimate of drug-likeness (QED) is 0.907. The van der Waals surface area contributed by atoms with Crippen molar-refractivity contribution in [3.63, 3.8) is 0 Å². The maximum Gasteiger partial charge on any atom is 0.317 e. The molecule has 138 valence electrons. The lowest BCUT2D eigenvalue weighted by Crippen LogP contribution is -2.41. The van der Waals surface area contributed by atoms with Crippen LogP contribution in [0.25, 0.3) is 0 Å². The van der Waals surface area contributed by atoms with Crippen LogP contribution in [0, 0.1) is 6.92 Å². The van der Waals surface area contributed by atoms with Gasteiger partial charge in [0, 0.05) is 38.7 Å². The molecular weight excluding hydrogens is 320 g/mol. The van der Waals surface area contributed by atoms with Crippen LogP contribution in [0.1, 0.15) is 62.4 Å². The molecule has 1 aromatic heterocycles. The zero-order valence-electron chi connectivity index (χ0n) is 15.0. The number of aryl methyl sites for hydroxylation is 1. The molecule has 0 saturated carbocycles. The molecule has 0 spiro atoms. The Morgan fingerprint density at radius 1 is 1.20 bits per heavy atom. The van der Waals surface area contributed by atoms with Gasteiger partial charge in [0.25, 0.3) is 0 Å². The monoisotopic (exact) mass is 348 g/mol. The smallest absolute Gasteiger partial charge is 0.317 e. The van der Waals surface area contributed by atoms with Gasteiger partial charge < -0.3 is 19.6 Å². The van der Waals surface area contributed by atoms with Crippen molar-refractivity contribution in [3.8, 4) is 0 Å². The van der Waals surface area contributed by atoms with E-state index in [9.17, 15) is 9.59 Å². The molecule has 1 unspecified atom stereocenters. The van der Waals surface area contributed by atoms with Gasteiger partial charge in [-0.3, -0.25) is 4.79 Å². The molecule has 2 saturated heterocycles. The molecule has 3 rings (SSSR count). The molecule has 2 fully saturated rings. The largest absolute Gasteiger partial charge is 0.361 e. The molecule has 0 aromatic carbocycles. The van der Waals surface area contributed by atoms with Crippen LogP contribution in [0.15, 0.2) is 10.6 Å². The van der Waals surface area contributed by atoms with Gasteiger partial charge in [0.1, 0.15) is 11.5 Å². The molecule has 1 N–H and O–H groups in total. The third kappa shape index (κ3) is 4.52. The maximum absolute atomic E-state index is 12.5. The standard InChI is InChI=1S/C18H28N4O3/c1-14-13-15(20-25-14)16-7-6-12-22(16)18(24)19-9-8-17(23)21-10-4-2-3-5-11-21/h13,16H,2-12H2,1H3,(H,19,24). The number of urea groups is 1. The lowest BCUT2D eigenvalue weighted by Gasteiger charge is -2.24. The van der Waals surface area contributed by atoms with Gasteiger partial charge in [-0.05, 0) is 32.6 Å². The fourth-order valence-electron chi connectivity index (χ4n) is 3.72. The second kappa shape index (κ2) is 8.36. The molecule has 3 amide bonds. The number of nitrogens with one attached hydrogen (secondary N) is 1. The van der Waals surface area contributed by atoms with Gasteiger partial charge in [0.15, 0.2) is 0 Å². The summed E-state index contributed by atoms with van der Waals surface area (Å²) in [5.74, 6) is 0.901. The van der Waals surface area contributed by atoms with Gasteiger partial charge in [-0.15, -0.1) is 0 Å². The summed E-state index contributed by atoms with van der Waals surface area (Å²) in [5.41, 5.74) is 0.811. The SMILES string of the molecule is Cc1cc(C2CCCN2C(=O)NCCC(=O)N2CCCCCC2)no1. The summed E-state index contributed by atoms with van der Waals surface area (Å²) in [5, 5.41) is 6.95. The first-order valence-electron chi connectivity index (χ1n) is 9.40. The van der Waals surface area contributed by atoms with E-state index in [4.69, 9.17) is 4.52 Å². The predicted octanol–water partition coefficient (Wildman–Crippen LogP) is 2.62. The number of carbonyl (C=O) groups is 2. The van der Waals surface area contributed by atoms with Crippen LogP contribution in [0.5, 0.6) is 0 Å². The van der Waals surface area contributed by atoms with E-state index in [1.54, 1.807) is 4.90 Å². The predicted molar refractivity (Wildman–Crippen MR) is 93.0 cm³/mol. The van der Waals surface area contributed by atoms with Gasteiger partial charge in [-0.25, -0.2) is 4.79 Å². The summed E-state index contributed by atoms with van der Waals surface area (Å²) in [6.07, 6.45) is 6.81. The Morgan fingerprint density at radius 2 is 1.96 bits per heavy atom. The second-order valence-electron chi connectivity index (χ2n) is 6.99. The van der Waals surface area contributed by atoms with Gasteiger partial charge in [-0.1, -0.05) is 18.0 Å². The molecule has 0 aliphatic carbocycles. The number of likely N-dealkylation sites (tertiary alicyclic amines) is 2. The van der Waals surface area contributed by atoms with Gasteiger partial charge in [0.2, 0.25) is 5.91 Å². The highest BCUT2D eigenvalue weighted by Gasteiger charge is 2.32. The van der Waals surface area contributed by atoms with Crippen LogP contribution in [-0.2, 0) is 4.79 Å². The number of rotatable bonds is 4. The van der Waals surface area contributed by atoms with E-state index in [1.807, 2.05) is 17.9 Å². The van der Waals surface area contributed by atoms with E-state index in [2.05, 4.69) is 10.5 Å². The molecule has 0 bridgehead atoms. The Balaban J connectivity index is 1.46. The molecule has 25 heavy (non-hydrogen) atoms. The average Bonchev–Trinajstić information content (AvgIpc) is 3.16. The summed E-state index contributed by atoms with van der Waals surface area (Å²) in [7, 11) is 0. The zero-order valence-corrected chi connectivity index (χ0v) is 15.0. The lowest BCUT2D eigenvalue weighted by molar-refractivity contribution is -0.131. The number of nitrogens with zero attached hydrogens (tertiary/aromatic N) is 3. The van der Waals surface area contributed by atoms with E-state index < -0.39 is 0 Å². The molecule has 2 aliphatic rings. The molecule has 1 aromatic rings. The molecule has 3 heterocycles. The van der Waals surface area contributed by atoms with Gasteiger partial charge in [0.05, 0.1) is 6.04 Å². The van der Waals surface area contributed by atoms with Crippen molar-refractivity contribution in [2.75, 3.05) is 26.2 Å². The number of amides is 3. The van der Waals surface area contributed by atoms with E-state index >= 15 is 0 Å². The Hall–Kier alpha value is -2.05. The van der Waals surface area contributed by atoms with Crippen LogP contribution in [0.4, 0.5) is 4.79 Å². The molecule has 1 atom stereocenters. The highest BCUT2D eigenvalue weighted by Crippen LogP contribution is 2.31. The Bertz CT molecular complexity index is 593. The molecule has 7 nitrogen and oxygen atoms in total. The topological polar surface area (TPSA) is 78.7 Å².